The number of ether oxygens (including phenoxy) is 1. The second kappa shape index (κ2) is 7.40. The zero-order valence-electron chi connectivity index (χ0n) is 15.1. The van der Waals surface area contributed by atoms with Crippen molar-refractivity contribution in [1.29, 1.82) is 0 Å². The monoisotopic (exact) mass is 375 g/mol. The van der Waals surface area contributed by atoms with Gasteiger partial charge in [0, 0.05) is 12.4 Å². The summed E-state index contributed by atoms with van der Waals surface area (Å²) in [5, 5.41) is 2.67. The molecule has 1 aromatic carbocycles. The van der Waals surface area contributed by atoms with E-state index < -0.39 is 11.9 Å². The largest absolute Gasteiger partial charge is 0.459 e. The van der Waals surface area contributed by atoms with Crippen LogP contribution in [0.2, 0.25) is 0 Å². The number of furan rings is 1. The highest BCUT2D eigenvalue weighted by atomic mass is 16.5. The number of rotatable bonds is 5. The molecular formula is C21H17N3O4. The Hall–Kier alpha value is -3.87. The predicted octanol–water partition coefficient (Wildman–Crippen LogP) is 3.85. The van der Waals surface area contributed by atoms with E-state index in [0.717, 1.165) is 11.2 Å². The van der Waals surface area contributed by atoms with E-state index in [2.05, 4.69) is 10.3 Å². The lowest BCUT2D eigenvalue weighted by Crippen LogP contribution is -2.15. The van der Waals surface area contributed by atoms with E-state index in [0.29, 0.717) is 11.4 Å². The van der Waals surface area contributed by atoms with Gasteiger partial charge in [0.25, 0.3) is 5.91 Å². The van der Waals surface area contributed by atoms with Crippen LogP contribution in [0.25, 0.3) is 5.65 Å². The summed E-state index contributed by atoms with van der Waals surface area (Å²) in [5.41, 5.74) is 3.12. The van der Waals surface area contributed by atoms with Crippen LogP contribution in [0.4, 0.5) is 5.69 Å². The molecule has 1 amide bonds. The lowest BCUT2D eigenvalue weighted by molar-refractivity contribution is 0.0469. The molecule has 0 radical (unpaired) electrons. The minimum atomic E-state index is -0.552. The van der Waals surface area contributed by atoms with Crippen LogP contribution in [0.5, 0.6) is 0 Å². The molecular weight excluding hydrogens is 358 g/mol. The molecule has 0 saturated heterocycles. The standard InChI is InChI=1S/C21H17N3O4/c1-14-8-9-19-22-15(12-24(19)11-14)13-28-21(26)16-5-2-3-6-17(16)23-20(25)18-7-4-10-27-18/h2-12H,13H2,1H3,(H,23,25). The van der Waals surface area contributed by atoms with Gasteiger partial charge in [-0.3, -0.25) is 4.79 Å². The van der Waals surface area contributed by atoms with Gasteiger partial charge in [-0.15, -0.1) is 0 Å². The summed E-state index contributed by atoms with van der Waals surface area (Å²) in [5.74, 6) is -0.840. The van der Waals surface area contributed by atoms with Crippen LogP contribution in [0, 0.1) is 6.92 Å². The van der Waals surface area contributed by atoms with Crippen LogP contribution >= 0.6 is 0 Å². The highest BCUT2D eigenvalue weighted by molar-refractivity contribution is 6.06. The molecule has 0 fully saturated rings. The number of carbonyl (C=O) groups is 2. The average Bonchev–Trinajstić information content (AvgIpc) is 3.36. The molecule has 0 spiro atoms. The fourth-order valence-electron chi connectivity index (χ4n) is 2.80. The number of esters is 1. The topological polar surface area (TPSA) is 85.8 Å². The third-order valence-corrected chi connectivity index (χ3v) is 4.14. The third-order valence-electron chi connectivity index (χ3n) is 4.14. The van der Waals surface area contributed by atoms with Crippen molar-refractivity contribution in [1.82, 2.24) is 9.38 Å². The van der Waals surface area contributed by atoms with E-state index in [1.165, 1.54) is 6.26 Å². The zero-order valence-corrected chi connectivity index (χ0v) is 15.1. The molecule has 140 valence electrons. The van der Waals surface area contributed by atoms with Crippen LogP contribution in [0.1, 0.15) is 32.2 Å². The van der Waals surface area contributed by atoms with Crippen molar-refractivity contribution >= 4 is 23.2 Å². The summed E-state index contributed by atoms with van der Waals surface area (Å²) in [6.45, 7) is 2.02. The van der Waals surface area contributed by atoms with E-state index in [4.69, 9.17) is 9.15 Å². The molecule has 0 unspecified atom stereocenters. The number of pyridine rings is 1. The number of hydrogen-bond donors (Lipinski definition) is 1. The molecule has 4 rings (SSSR count). The lowest BCUT2D eigenvalue weighted by Gasteiger charge is -2.09. The van der Waals surface area contributed by atoms with Crippen LogP contribution in [0.15, 0.2) is 71.6 Å². The van der Waals surface area contributed by atoms with E-state index in [1.807, 2.05) is 35.9 Å². The van der Waals surface area contributed by atoms with Crippen molar-refractivity contribution in [2.75, 3.05) is 5.32 Å². The molecule has 0 aliphatic carbocycles. The quantitative estimate of drug-likeness (QED) is 0.536. The number of imidazole rings is 1. The highest BCUT2D eigenvalue weighted by Crippen LogP contribution is 2.18. The molecule has 0 bridgehead atoms. The van der Waals surface area contributed by atoms with Gasteiger partial charge < -0.3 is 18.9 Å². The van der Waals surface area contributed by atoms with E-state index in [-0.39, 0.29) is 17.9 Å². The number of hydrogen-bond acceptors (Lipinski definition) is 5. The van der Waals surface area contributed by atoms with Gasteiger partial charge in [0.1, 0.15) is 12.3 Å². The van der Waals surface area contributed by atoms with Gasteiger partial charge in [-0.2, -0.15) is 0 Å². The maximum Gasteiger partial charge on any atom is 0.340 e. The average molecular weight is 375 g/mol. The van der Waals surface area contributed by atoms with Crippen molar-refractivity contribution in [2.24, 2.45) is 0 Å². The first kappa shape index (κ1) is 17.5. The number of aromatic nitrogens is 2. The normalized spacial score (nSPS) is 10.8. The minimum Gasteiger partial charge on any atom is -0.459 e. The number of nitrogens with one attached hydrogen (secondary N) is 1. The molecule has 0 aliphatic rings. The van der Waals surface area contributed by atoms with Gasteiger partial charge in [0.2, 0.25) is 0 Å². The van der Waals surface area contributed by atoms with Crippen molar-refractivity contribution < 1.29 is 18.7 Å². The molecule has 0 saturated carbocycles. The van der Waals surface area contributed by atoms with E-state index in [9.17, 15) is 9.59 Å². The number of amides is 1. The highest BCUT2D eigenvalue weighted by Gasteiger charge is 2.17. The van der Waals surface area contributed by atoms with Crippen molar-refractivity contribution in [3.8, 4) is 0 Å². The molecule has 0 aliphatic heterocycles. The second-order valence-electron chi connectivity index (χ2n) is 6.26. The Kier molecular flexibility index (Phi) is 4.63. The zero-order chi connectivity index (χ0) is 19.5. The Balaban J connectivity index is 1.47. The molecule has 7 heteroatoms. The van der Waals surface area contributed by atoms with Crippen molar-refractivity contribution in [3.05, 3.63) is 89.8 Å². The maximum absolute atomic E-state index is 12.5. The summed E-state index contributed by atoms with van der Waals surface area (Å²) in [6, 6.07) is 13.7. The van der Waals surface area contributed by atoms with Gasteiger partial charge in [-0.25, -0.2) is 9.78 Å². The second-order valence-corrected chi connectivity index (χ2v) is 6.26. The molecule has 3 heterocycles. The number of anilines is 1. The summed E-state index contributed by atoms with van der Waals surface area (Å²) in [7, 11) is 0. The first-order valence-electron chi connectivity index (χ1n) is 8.65. The Morgan fingerprint density at radius 1 is 1.11 bits per heavy atom. The molecule has 3 aromatic heterocycles. The third kappa shape index (κ3) is 3.64. The van der Waals surface area contributed by atoms with Crippen LogP contribution in [0.3, 0.4) is 0 Å². The van der Waals surface area contributed by atoms with Gasteiger partial charge in [0.05, 0.1) is 23.2 Å². The lowest BCUT2D eigenvalue weighted by atomic mass is 10.1. The number of para-hydroxylation sites is 1. The fourth-order valence-corrected chi connectivity index (χ4v) is 2.80. The smallest absolute Gasteiger partial charge is 0.340 e. The number of nitrogens with zero attached hydrogens (tertiary/aromatic N) is 2. The van der Waals surface area contributed by atoms with Gasteiger partial charge in [0.15, 0.2) is 5.76 Å². The number of aryl methyl sites for hydroxylation is 1. The Bertz CT molecular complexity index is 1150. The fraction of sp³-hybridized carbons (Fsp3) is 0.0952. The Morgan fingerprint density at radius 3 is 2.79 bits per heavy atom. The van der Waals surface area contributed by atoms with Gasteiger partial charge >= 0.3 is 5.97 Å². The summed E-state index contributed by atoms with van der Waals surface area (Å²) >= 11 is 0. The molecule has 7 nitrogen and oxygen atoms in total. The van der Waals surface area contributed by atoms with Crippen molar-refractivity contribution in [3.63, 3.8) is 0 Å². The first-order valence-corrected chi connectivity index (χ1v) is 8.65. The van der Waals surface area contributed by atoms with Gasteiger partial charge in [-0.1, -0.05) is 18.2 Å². The van der Waals surface area contributed by atoms with Crippen LogP contribution in [-0.2, 0) is 11.3 Å². The number of fused-ring (bicyclic) bond motifs is 1. The molecule has 4 aromatic rings. The Labute approximate surface area is 160 Å². The first-order chi connectivity index (χ1) is 13.6. The van der Waals surface area contributed by atoms with E-state index in [1.54, 1.807) is 36.4 Å². The summed E-state index contributed by atoms with van der Waals surface area (Å²) < 4.78 is 12.4. The summed E-state index contributed by atoms with van der Waals surface area (Å²) in [4.78, 5) is 29.2. The van der Waals surface area contributed by atoms with Crippen molar-refractivity contribution in [2.45, 2.75) is 13.5 Å². The molecule has 0 atom stereocenters. The summed E-state index contributed by atoms with van der Waals surface area (Å²) in [6.07, 6.45) is 5.18. The molecule has 28 heavy (non-hydrogen) atoms. The van der Waals surface area contributed by atoms with Crippen LogP contribution in [-0.4, -0.2) is 21.3 Å². The van der Waals surface area contributed by atoms with Crippen LogP contribution < -0.4 is 5.32 Å². The SMILES string of the molecule is Cc1ccc2nc(COC(=O)c3ccccc3NC(=O)c3ccco3)cn2c1. The Morgan fingerprint density at radius 2 is 1.96 bits per heavy atom. The minimum absolute atomic E-state index is 0.0278. The van der Waals surface area contributed by atoms with Gasteiger partial charge in [-0.05, 0) is 42.8 Å². The number of benzene rings is 1. The predicted molar refractivity (Wildman–Crippen MR) is 102 cm³/mol. The number of carbonyl (C=O) groups excluding carboxylic acids is 2. The molecule has 1 N–H and O–H groups in total. The van der Waals surface area contributed by atoms with E-state index >= 15 is 0 Å². The maximum atomic E-state index is 12.5.